The van der Waals surface area contributed by atoms with Crippen LogP contribution in [0, 0.1) is 5.92 Å². The molecule has 1 amide bonds. The van der Waals surface area contributed by atoms with Crippen LogP contribution >= 0.6 is 0 Å². The van der Waals surface area contributed by atoms with Crippen molar-refractivity contribution in [2.45, 2.75) is 13.0 Å². The minimum atomic E-state index is -0.287. The van der Waals surface area contributed by atoms with Gasteiger partial charge in [0.15, 0.2) is 0 Å². The highest BCUT2D eigenvalue weighted by molar-refractivity contribution is 5.68. The van der Waals surface area contributed by atoms with Crippen LogP contribution in [0.1, 0.15) is 12.0 Å². The lowest BCUT2D eigenvalue weighted by Crippen LogP contribution is -2.29. The van der Waals surface area contributed by atoms with E-state index in [4.69, 9.17) is 9.84 Å². The number of carbonyl (C=O) groups is 1. The molecule has 0 bridgehead atoms. The first-order valence-corrected chi connectivity index (χ1v) is 5.86. The molecule has 1 fully saturated rings. The van der Waals surface area contributed by atoms with Crippen molar-refractivity contribution in [1.82, 2.24) is 4.90 Å². The molecule has 92 valence electrons. The van der Waals surface area contributed by atoms with Gasteiger partial charge in [-0.15, -0.1) is 0 Å². The van der Waals surface area contributed by atoms with Crippen molar-refractivity contribution in [2.24, 2.45) is 5.92 Å². The standard InChI is InChI=1S/C13H17NO3/c15-9-12-6-7-14(8-12)13(16)17-10-11-4-2-1-3-5-11/h1-5,12,15H,6-10H2/t12-/m1/s1. The second-order valence-corrected chi connectivity index (χ2v) is 4.32. The molecule has 0 unspecified atom stereocenters. The minimum absolute atomic E-state index is 0.141. The summed E-state index contributed by atoms with van der Waals surface area (Å²) in [5.74, 6) is 0.208. The topological polar surface area (TPSA) is 49.8 Å². The van der Waals surface area contributed by atoms with Crippen molar-refractivity contribution in [3.63, 3.8) is 0 Å². The molecule has 1 aromatic carbocycles. The van der Waals surface area contributed by atoms with Crippen LogP contribution in [0.5, 0.6) is 0 Å². The molecule has 4 heteroatoms. The zero-order valence-electron chi connectivity index (χ0n) is 9.71. The van der Waals surface area contributed by atoms with E-state index in [1.54, 1.807) is 4.90 Å². The molecule has 1 aliphatic rings. The number of nitrogens with zero attached hydrogens (tertiary/aromatic N) is 1. The van der Waals surface area contributed by atoms with Gasteiger partial charge in [-0.2, -0.15) is 0 Å². The Morgan fingerprint density at radius 3 is 2.82 bits per heavy atom. The summed E-state index contributed by atoms with van der Waals surface area (Å²) in [5, 5.41) is 8.99. The number of ether oxygens (including phenoxy) is 1. The average molecular weight is 235 g/mol. The Balaban J connectivity index is 1.78. The van der Waals surface area contributed by atoms with Crippen LogP contribution in [0.15, 0.2) is 30.3 Å². The zero-order chi connectivity index (χ0) is 12.1. The van der Waals surface area contributed by atoms with Crippen LogP contribution in [0.3, 0.4) is 0 Å². The van der Waals surface area contributed by atoms with E-state index in [2.05, 4.69) is 0 Å². The molecule has 0 saturated carbocycles. The maximum atomic E-state index is 11.7. The van der Waals surface area contributed by atoms with Gasteiger partial charge in [-0.3, -0.25) is 0 Å². The third-order valence-corrected chi connectivity index (χ3v) is 3.01. The maximum Gasteiger partial charge on any atom is 0.410 e. The van der Waals surface area contributed by atoms with Crippen LogP contribution in [0.4, 0.5) is 4.79 Å². The molecule has 4 nitrogen and oxygen atoms in total. The second kappa shape index (κ2) is 5.68. The molecule has 0 radical (unpaired) electrons. The predicted octanol–water partition coefficient (Wildman–Crippen LogP) is 1.64. The normalized spacial score (nSPS) is 19.4. The molecule has 0 aromatic heterocycles. The monoisotopic (exact) mass is 235 g/mol. The van der Waals surface area contributed by atoms with E-state index in [9.17, 15) is 4.79 Å². The first-order chi connectivity index (χ1) is 8.29. The number of hydrogen-bond donors (Lipinski definition) is 1. The predicted molar refractivity (Wildman–Crippen MR) is 63.4 cm³/mol. The third kappa shape index (κ3) is 3.20. The minimum Gasteiger partial charge on any atom is -0.445 e. The van der Waals surface area contributed by atoms with E-state index in [0.717, 1.165) is 12.0 Å². The summed E-state index contributed by atoms with van der Waals surface area (Å²) >= 11 is 0. The lowest BCUT2D eigenvalue weighted by molar-refractivity contribution is 0.101. The van der Waals surface area contributed by atoms with Gasteiger partial charge in [-0.05, 0) is 12.0 Å². The van der Waals surface area contributed by atoms with Crippen LogP contribution in [0.2, 0.25) is 0 Å². The fraction of sp³-hybridized carbons (Fsp3) is 0.462. The molecule has 1 atom stereocenters. The molecule has 1 heterocycles. The third-order valence-electron chi connectivity index (χ3n) is 3.01. The molecular weight excluding hydrogens is 218 g/mol. The van der Waals surface area contributed by atoms with E-state index < -0.39 is 0 Å². The van der Waals surface area contributed by atoms with Gasteiger partial charge in [0.05, 0.1) is 0 Å². The van der Waals surface area contributed by atoms with Crippen LogP contribution in [-0.4, -0.2) is 35.8 Å². The summed E-state index contributed by atoms with van der Waals surface area (Å²) in [6.45, 7) is 1.73. The molecular formula is C13H17NO3. The molecule has 0 aliphatic carbocycles. The zero-order valence-corrected chi connectivity index (χ0v) is 9.71. The summed E-state index contributed by atoms with van der Waals surface area (Å²) < 4.78 is 5.21. The average Bonchev–Trinajstić information content (AvgIpc) is 2.86. The largest absolute Gasteiger partial charge is 0.445 e. The van der Waals surface area contributed by atoms with E-state index in [1.165, 1.54) is 0 Å². The fourth-order valence-corrected chi connectivity index (χ4v) is 1.96. The van der Waals surface area contributed by atoms with E-state index in [1.807, 2.05) is 30.3 Å². The second-order valence-electron chi connectivity index (χ2n) is 4.32. The number of amides is 1. The van der Waals surface area contributed by atoms with Gasteiger partial charge >= 0.3 is 6.09 Å². The van der Waals surface area contributed by atoms with Gasteiger partial charge in [0.2, 0.25) is 0 Å². The van der Waals surface area contributed by atoms with Crippen molar-refractivity contribution >= 4 is 6.09 Å². The van der Waals surface area contributed by atoms with E-state index in [-0.39, 0.29) is 18.6 Å². The highest BCUT2D eigenvalue weighted by Crippen LogP contribution is 2.16. The van der Waals surface area contributed by atoms with E-state index >= 15 is 0 Å². The summed E-state index contributed by atoms with van der Waals surface area (Å²) in [6, 6.07) is 9.61. The number of aliphatic hydroxyl groups is 1. The summed E-state index contributed by atoms with van der Waals surface area (Å²) in [4.78, 5) is 13.4. The molecule has 1 N–H and O–H groups in total. The highest BCUT2D eigenvalue weighted by Gasteiger charge is 2.26. The Morgan fingerprint density at radius 2 is 2.18 bits per heavy atom. The number of benzene rings is 1. The SMILES string of the molecule is O=C(OCc1ccccc1)N1CC[C@@H](CO)C1. The number of aliphatic hydroxyl groups excluding tert-OH is 1. The number of rotatable bonds is 3. The Labute approximate surface area is 101 Å². The Hall–Kier alpha value is -1.55. The summed E-state index contributed by atoms with van der Waals surface area (Å²) in [6.07, 6.45) is 0.571. The Kier molecular flexibility index (Phi) is 3.98. The van der Waals surface area contributed by atoms with Crippen molar-refractivity contribution in [2.75, 3.05) is 19.7 Å². The smallest absolute Gasteiger partial charge is 0.410 e. The lowest BCUT2D eigenvalue weighted by atomic mass is 10.1. The molecule has 1 saturated heterocycles. The summed E-state index contributed by atoms with van der Waals surface area (Å²) in [7, 11) is 0. The van der Waals surface area contributed by atoms with Gasteiger partial charge in [-0.25, -0.2) is 4.79 Å². The fourth-order valence-electron chi connectivity index (χ4n) is 1.96. The van der Waals surface area contributed by atoms with Crippen LogP contribution < -0.4 is 0 Å². The quantitative estimate of drug-likeness (QED) is 0.866. The maximum absolute atomic E-state index is 11.7. The number of likely N-dealkylation sites (tertiary alicyclic amines) is 1. The molecule has 1 aromatic rings. The molecule has 2 rings (SSSR count). The van der Waals surface area contributed by atoms with Crippen molar-refractivity contribution < 1.29 is 14.6 Å². The van der Waals surface area contributed by atoms with Crippen molar-refractivity contribution in [1.29, 1.82) is 0 Å². The van der Waals surface area contributed by atoms with Gasteiger partial charge in [0, 0.05) is 25.6 Å². The van der Waals surface area contributed by atoms with Gasteiger partial charge in [0.25, 0.3) is 0 Å². The number of carbonyl (C=O) groups excluding carboxylic acids is 1. The van der Waals surface area contributed by atoms with Crippen LogP contribution in [0.25, 0.3) is 0 Å². The summed E-state index contributed by atoms with van der Waals surface area (Å²) in [5.41, 5.74) is 0.985. The van der Waals surface area contributed by atoms with Gasteiger partial charge in [-0.1, -0.05) is 30.3 Å². The molecule has 17 heavy (non-hydrogen) atoms. The first kappa shape index (κ1) is 11.9. The first-order valence-electron chi connectivity index (χ1n) is 5.86. The Bertz CT molecular complexity index is 366. The Morgan fingerprint density at radius 1 is 1.41 bits per heavy atom. The lowest BCUT2D eigenvalue weighted by Gasteiger charge is -2.15. The molecule has 1 aliphatic heterocycles. The van der Waals surface area contributed by atoms with Crippen LogP contribution in [-0.2, 0) is 11.3 Å². The number of hydrogen-bond acceptors (Lipinski definition) is 3. The van der Waals surface area contributed by atoms with Crippen molar-refractivity contribution in [3.05, 3.63) is 35.9 Å². The van der Waals surface area contributed by atoms with E-state index in [0.29, 0.717) is 19.7 Å². The highest BCUT2D eigenvalue weighted by atomic mass is 16.6. The molecule has 0 spiro atoms. The van der Waals surface area contributed by atoms with Crippen molar-refractivity contribution in [3.8, 4) is 0 Å². The van der Waals surface area contributed by atoms with Gasteiger partial charge in [0.1, 0.15) is 6.61 Å². The van der Waals surface area contributed by atoms with Gasteiger partial charge < -0.3 is 14.7 Å².